The Labute approximate surface area is 147 Å². The number of carbonyl (C=O) groups is 2. The predicted molar refractivity (Wildman–Crippen MR) is 94.7 cm³/mol. The number of likely N-dealkylation sites (tertiary alicyclic amines) is 1. The standard InChI is InChI=1S/C19H24N4O2/c1-22-12-10-20-17(22)13-16(15-7-3-2-4-8-15)21-18(24)14-23-11-6-5-9-19(23)25/h2-4,7-8,10,12,16H,5-6,9,11,13-14H2,1H3,(H,21,24)/t16-/m1/s1. The number of imidazole rings is 1. The van der Waals surface area contributed by atoms with Gasteiger partial charge in [0.2, 0.25) is 11.8 Å². The number of piperidine rings is 1. The fourth-order valence-electron chi connectivity index (χ4n) is 3.16. The molecule has 0 bridgehead atoms. The maximum atomic E-state index is 12.5. The van der Waals surface area contributed by atoms with Crippen molar-refractivity contribution in [3.05, 3.63) is 54.1 Å². The van der Waals surface area contributed by atoms with E-state index in [1.165, 1.54) is 0 Å². The fraction of sp³-hybridized carbons (Fsp3) is 0.421. The molecule has 1 saturated heterocycles. The van der Waals surface area contributed by atoms with E-state index in [1.54, 1.807) is 11.1 Å². The van der Waals surface area contributed by atoms with Crippen molar-refractivity contribution < 1.29 is 9.59 Å². The molecular formula is C19H24N4O2. The second kappa shape index (κ2) is 7.96. The molecular weight excluding hydrogens is 316 g/mol. The van der Waals surface area contributed by atoms with Gasteiger partial charge in [0.05, 0.1) is 12.6 Å². The molecule has 132 valence electrons. The van der Waals surface area contributed by atoms with E-state index in [0.29, 0.717) is 19.4 Å². The van der Waals surface area contributed by atoms with Gasteiger partial charge in [-0.25, -0.2) is 4.98 Å². The van der Waals surface area contributed by atoms with E-state index in [4.69, 9.17) is 0 Å². The molecule has 1 aliphatic rings. The summed E-state index contributed by atoms with van der Waals surface area (Å²) in [6.45, 7) is 0.796. The highest BCUT2D eigenvalue weighted by molar-refractivity contribution is 5.85. The maximum Gasteiger partial charge on any atom is 0.240 e. The van der Waals surface area contributed by atoms with Gasteiger partial charge in [-0.3, -0.25) is 9.59 Å². The second-order valence-electron chi connectivity index (χ2n) is 6.46. The summed E-state index contributed by atoms with van der Waals surface area (Å²) in [5.41, 5.74) is 1.03. The van der Waals surface area contributed by atoms with Crippen molar-refractivity contribution in [1.29, 1.82) is 0 Å². The van der Waals surface area contributed by atoms with Crippen LogP contribution in [0.1, 0.15) is 36.7 Å². The number of amides is 2. The Kier molecular flexibility index (Phi) is 5.48. The number of benzene rings is 1. The van der Waals surface area contributed by atoms with E-state index in [1.807, 2.05) is 48.1 Å². The molecule has 1 aromatic heterocycles. The molecule has 6 heteroatoms. The molecule has 0 unspecified atom stereocenters. The second-order valence-corrected chi connectivity index (χ2v) is 6.46. The summed E-state index contributed by atoms with van der Waals surface area (Å²) in [4.78, 5) is 30.5. The van der Waals surface area contributed by atoms with Crippen LogP contribution >= 0.6 is 0 Å². The summed E-state index contributed by atoms with van der Waals surface area (Å²) < 4.78 is 1.95. The molecule has 1 N–H and O–H groups in total. The number of hydrogen-bond donors (Lipinski definition) is 1. The number of hydrogen-bond acceptors (Lipinski definition) is 3. The molecule has 2 heterocycles. The molecule has 25 heavy (non-hydrogen) atoms. The van der Waals surface area contributed by atoms with Crippen LogP contribution in [0.5, 0.6) is 0 Å². The lowest BCUT2D eigenvalue weighted by atomic mass is 10.0. The molecule has 2 amide bonds. The first-order valence-electron chi connectivity index (χ1n) is 8.72. The van der Waals surface area contributed by atoms with Crippen LogP contribution in [0.2, 0.25) is 0 Å². The molecule has 0 aliphatic carbocycles. The van der Waals surface area contributed by atoms with Gasteiger partial charge < -0.3 is 14.8 Å². The molecule has 3 rings (SSSR count). The minimum absolute atomic E-state index is 0.0711. The number of nitrogens with zero attached hydrogens (tertiary/aromatic N) is 3. The summed E-state index contributed by atoms with van der Waals surface area (Å²) in [7, 11) is 1.94. The minimum Gasteiger partial charge on any atom is -0.347 e. The van der Waals surface area contributed by atoms with Gasteiger partial charge in [-0.05, 0) is 18.4 Å². The zero-order chi connectivity index (χ0) is 17.6. The molecule has 0 saturated carbocycles. The Morgan fingerprint density at radius 3 is 2.76 bits per heavy atom. The van der Waals surface area contributed by atoms with E-state index < -0.39 is 0 Å². The van der Waals surface area contributed by atoms with Crippen LogP contribution in [0.4, 0.5) is 0 Å². The molecule has 1 fully saturated rings. The molecule has 2 aromatic rings. The summed E-state index contributed by atoms with van der Waals surface area (Å²) in [6, 6.07) is 9.70. The first-order valence-corrected chi connectivity index (χ1v) is 8.72. The van der Waals surface area contributed by atoms with Crippen LogP contribution in [0, 0.1) is 0 Å². The average Bonchev–Trinajstić information content (AvgIpc) is 3.02. The Morgan fingerprint density at radius 1 is 1.28 bits per heavy atom. The van der Waals surface area contributed by atoms with Crippen LogP contribution in [0.15, 0.2) is 42.7 Å². The number of aromatic nitrogens is 2. The van der Waals surface area contributed by atoms with Gasteiger partial charge in [0.1, 0.15) is 5.82 Å². The quantitative estimate of drug-likeness (QED) is 0.872. The average molecular weight is 340 g/mol. The van der Waals surface area contributed by atoms with E-state index >= 15 is 0 Å². The van der Waals surface area contributed by atoms with Crippen LogP contribution < -0.4 is 5.32 Å². The molecule has 1 atom stereocenters. The van der Waals surface area contributed by atoms with Crippen LogP contribution in [0.3, 0.4) is 0 Å². The van der Waals surface area contributed by atoms with E-state index in [0.717, 1.165) is 24.2 Å². The topological polar surface area (TPSA) is 67.2 Å². The van der Waals surface area contributed by atoms with Crippen molar-refractivity contribution in [2.75, 3.05) is 13.1 Å². The fourth-order valence-corrected chi connectivity index (χ4v) is 3.16. The Balaban J connectivity index is 1.69. The first kappa shape index (κ1) is 17.2. The first-order chi connectivity index (χ1) is 12.1. The van der Waals surface area contributed by atoms with Crippen molar-refractivity contribution in [2.45, 2.75) is 31.7 Å². The van der Waals surface area contributed by atoms with Gasteiger partial charge in [-0.1, -0.05) is 30.3 Å². The molecule has 1 aliphatic heterocycles. The summed E-state index contributed by atoms with van der Waals surface area (Å²) in [5, 5.41) is 3.08. The van der Waals surface area contributed by atoms with E-state index in [-0.39, 0.29) is 24.4 Å². The highest BCUT2D eigenvalue weighted by atomic mass is 16.2. The van der Waals surface area contributed by atoms with Crippen LogP contribution in [-0.2, 0) is 23.1 Å². The highest BCUT2D eigenvalue weighted by Crippen LogP contribution is 2.18. The Hall–Kier alpha value is -2.63. The van der Waals surface area contributed by atoms with Gasteiger partial charge >= 0.3 is 0 Å². The molecule has 0 radical (unpaired) electrons. The van der Waals surface area contributed by atoms with Crippen LogP contribution in [0.25, 0.3) is 0 Å². The third kappa shape index (κ3) is 4.47. The monoisotopic (exact) mass is 340 g/mol. The summed E-state index contributed by atoms with van der Waals surface area (Å²) >= 11 is 0. The Bertz CT molecular complexity index is 726. The summed E-state index contributed by atoms with van der Waals surface area (Å²) in [5.74, 6) is 0.850. The zero-order valence-electron chi connectivity index (χ0n) is 14.5. The third-order valence-corrected chi connectivity index (χ3v) is 4.60. The van der Waals surface area contributed by atoms with Crippen molar-refractivity contribution in [3.8, 4) is 0 Å². The van der Waals surface area contributed by atoms with E-state index in [2.05, 4.69) is 10.3 Å². The number of nitrogens with one attached hydrogen (secondary N) is 1. The van der Waals surface area contributed by atoms with Crippen molar-refractivity contribution in [2.24, 2.45) is 7.05 Å². The number of aryl methyl sites for hydroxylation is 1. The minimum atomic E-state index is -0.172. The zero-order valence-corrected chi connectivity index (χ0v) is 14.5. The predicted octanol–water partition coefficient (Wildman–Crippen LogP) is 1.83. The Morgan fingerprint density at radius 2 is 2.08 bits per heavy atom. The number of rotatable bonds is 6. The SMILES string of the molecule is Cn1ccnc1C[C@@H](NC(=O)CN1CCCCC1=O)c1ccccc1. The van der Waals surface area contributed by atoms with Gasteiger partial charge in [0.25, 0.3) is 0 Å². The normalized spacial score (nSPS) is 15.9. The smallest absolute Gasteiger partial charge is 0.240 e. The van der Waals surface area contributed by atoms with Gasteiger partial charge in [-0.2, -0.15) is 0 Å². The summed E-state index contributed by atoms with van der Waals surface area (Å²) in [6.07, 6.45) is 6.68. The lowest BCUT2D eigenvalue weighted by molar-refractivity contribution is -0.138. The van der Waals surface area contributed by atoms with Crippen LogP contribution in [-0.4, -0.2) is 39.4 Å². The third-order valence-electron chi connectivity index (χ3n) is 4.60. The van der Waals surface area contributed by atoms with Gasteiger partial charge in [-0.15, -0.1) is 0 Å². The van der Waals surface area contributed by atoms with Gasteiger partial charge in [0.15, 0.2) is 0 Å². The van der Waals surface area contributed by atoms with Gasteiger partial charge in [0, 0.05) is 38.8 Å². The number of carbonyl (C=O) groups excluding carboxylic acids is 2. The largest absolute Gasteiger partial charge is 0.347 e. The lowest BCUT2D eigenvalue weighted by Crippen LogP contribution is -2.44. The maximum absolute atomic E-state index is 12.5. The molecule has 1 aromatic carbocycles. The van der Waals surface area contributed by atoms with E-state index in [9.17, 15) is 9.59 Å². The van der Waals surface area contributed by atoms with Crippen molar-refractivity contribution in [1.82, 2.24) is 19.8 Å². The van der Waals surface area contributed by atoms with Crippen molar-refractivity contribution in [3.63, 3.8) is 0 Å². The van der Waals surface area contributed by atoms with Crippen molar-refractivity contribution >= 4 is 11.8 Å². The molecule has 6 nitrogen and oxygen atoms in total. The molecule has 0 spiro atoms. The highest BCUT2D eigenvalue weighted by Gasteiger charge is 2.23. The lowest BCUT2D eigenvalue weighted by Gasteiger charge is -2.27.